The van der Waals surface area contributed by atoms with E-state index in [9.17, 15) is 9.59 Å². The Hall–Kier alpha value is -2.27. The van der Waals surface area contributed by atoms with Crippen molar-refractivity contribution in [2.24, 2.45) is 5.92 Å². The number of nitrogens with one attached hydrogen (secondary N) is 1. The van der Waals surface area contributed by atoms with E-state index in [1.54, 1.807) is 11.8 Å². The van der Waals surface area contributed by atoms with Gasteiger partial charge in [-0.15, -0.1) is 11.8 Å². The largest absolute Gasteiger partial charge is 0.371 e. The molecule has 0 aromatic heterocycles. The molecule has 1 saturated heterocycles. The Morgan fingerprint density at radius 2 is 1.78 bits per heavy atom. The SMILES string of the molecule is CC(C)Sc1ccccc1NC(=O)C1CCN(c2ccc(C=O)cc2)CC1. The zero-order valence-electron chi connectivity index (χ0n) is 15.9. The van der Waals surface area contributed by atoms with E-state index in [-0.39, 0.29) is 11.8 Å². The molecule has 27 heavy (non-hydrogen) atoms. The second-order valence-electron chi connectivity index (χ2n) is 7.12. The maximum atomic E-state index is 12.8. The Morgan fingerprint density at radius 3 is 2.41 bits per heavy atom. The quantitative estimate of drug-likeness (QED) is 0.573. The van der Waals surface area contributed by atoms with Gasteiger partial charge in [-0.05, 0) is 49.2 Å². The topological polar surface area (TPSA) is 49.4 Å². The third-order valence-corrected chi connectivity index (χ3v) is 5.85. The lowest BCUT2D eigenvalue weighted by molar-refractivity contribution is -0.120. The molecule has 0 atom stereocenters. The summed E-state index contributed by atoms with van der Waals surface area (Å²) in [6.45, 7) is 6.00. The first-order valence-electron chi connectivity index (χ1n) is 9.43. The fourth-order valence-corrected chi connectivity index (χ4v) is 4.24. The van der Waals surface area contributed by atoms with E-state index in [0.29, 0.717) is 10.8 Å². The zero-order chi connectivity index (χ0) is 19.2. The zero-order valence-corrected chi connectivity index (χ0v) is 16.7. The molecule has 3 rings (SSSR count). The van der Waals surface area contributed by atoms with Gasteiger partial charge in [0.15, 0.2) is 0 Å². The molecule has 2 aromatic rings. The smallest absolute Gasteiger partial charge is 0.227 e. The van der Waals surface area contributed by atoms with Gasteiger partial charge in [0.1, 0.15) is 6.29 Å². The van der Waals surface area contributed by atoms with Gasteiger partial charge in [-0.2, -0.15) is 0 Å². The van der Waals surface area contributed by atoms with Crippen molar-refractivity contribution in [3.05, 3.63) is 54.1 Å². The molecule has 1 aliphatic rings. The molecule has 142 valence electrons. The van der Waals surface area contributed by atoms with E-state index in [0.717, 1.165) is 48.5 Å². The minimum atomic E-state index is 0.0348. The minimum Gasteiger partial charge on any atom is -0.371 e. The Morgan fingerprint density at radius 1 is 1.11 bits per heavy atom. The molecule has 0 radical (unpaired) electrons. The summed E-state index contributed by atoms with van der Waals surface area (Å²) in [5.41, 5.74) is 2.71. The van der Waals surface area contributed by atoms with Crippen molar-refractivity contribution in [1.82, 2.24) is 0 Å². The van der Waals surface area contributed by atoms with Crippen molar-refractivity contribution in [2.45, 2.75) is 36.8 Å². The standard InChI is InChI=1S/C22H26N2O2S/c1-16(2)27-21-6-4-3-5-20(21)23-22(26)18-11-13-24(14-12-18)19-9-7-17(15-25)8-10-19/h3-10,15-16,18H,11-14H2,1-2H3,(H,23,26). The Kier molecular flexibility index (Phi) is 6.56. The first-order valence-corrected chi connectivity index (χ1v) is 10.3. The van der Waals surface area contributed by atoms with Gasteiger partial charge in [-0.1, -0.05) is 26.0 Å². The van der Waals surface area contributed by atoms with E-state index >= 15 is 0 Å². The molecule has 1 N–H and O–H groups in total. The van der Waals surface area contributed by atoms with Crippen molar-refractivity contribution in [3.63, 3.8) is 0 Å². The highest BCUT2D eigenvalue weighted by atomic mass is 32.2. The maximum absolute atomic E-state index is 12.8. The number of hydrogen-bond donors (Lipinski definition) is 1. The van der Waals surface area contributed by atoms with Crippen LogP contribution in [0.1, 0.15) is 37.0 Å². The van der Waals surface area contributed by atoms with E-state index in [4.69, 9.17) is 0 Å². The van der Waals surface area contributed by atoms with E-state index < -0.39 is 0 Å². The number of carbonyl (C=O) groups excluding carboxylic acids is 2. The fraction of sp³-hybridized carbons (Fsp3) is 0.364. The van der Waals surface area contributed by atoms with Crippen LogP contribution in [0, 0.1) is 5.92 Å². The molecule has 4 nitrogen and oxygen atoms in total. The van der Waals surface area contributed by atoms with Crippen LogP contribution in [-0.4, -0.2) is 30.5 Å². The van der Waals surface area contributed by atoms with Crippen molar-refractivity contribution >= 4 is 35.3 Å². The normalized spacial score (nSPS) is 15.0. The Labute approximate surface area is 165 Å². The number of thioether (sulfide) groups is 1. The van der Waals surface area contributed by atoms with Crippen LogP contribution >= 0.6 is 11.8 Å². The van der Waals surface area contributed by atoms with Crippen LogP contribution < -0.4 is 10.2 Å². The molecule has 1 fully saturated rings. The third-order valence-electron chi connectivity index (χ3n) is 4.77. The first kappa shape index (κ1) is 19.5. The number of piperidine rings is 1. The average Bonchev–Trinajstić information content (AvgIpc) is 2.69. The third kappa shape index (κ3) is 5.13. The Balaban J connectivity index is 1.58. The summed E-state index contributed by atoms with van der Waals surface area (Å²) in [5.74, 6) is 0.148. The molecular weight excluding hydrogens is 356 g/mol. The molecule has 1 aliphatic heterocycles. The van der Waals surface area contributed by atoms with E-state index in [2.05, 4.69) is 30.1 Å². The van der Waals surface area contributed by atoms with Gasteiger partial charge in [0.25, 0.3) is 0 Å². The van der Waals surface area contributed by atoms with Crippen LogP contribution in [0.3, 0.4) is 0 Å². The minimum absolute atomic E-state index is 0.0348. The molecule has 0 saturated carbocycles. The van der Waals surface area contributed by atoms with Crippen LogP contribution in [-0.2, 0) is 4.79 Å². The molecule has 0 aliphatic carbocycles. The van der Waals surface area contributed by atoms with Gasteiger partial charge >= 0.3 is 0 Å². The van der Waals surface area contributed by atoms with Crippen molar-refractivity contribution in [3.8, 4) is 0 Å². The van der Waals surface area contributed by atoms with Crippen molar-refractivity contribution in [2.75, 3.05) is 23.3 Å². The van der Waals surface area contributed by atoms with Crippen LogP contribution in [0.2, 0.25) is 0 Å². The van der Waals surface area contributed by atoms with Gasteiger partial charge in [-0.3, -0.25) is 9.59 Å². The number of carbonyl (C=O) groups is 2. The second kappa shape index (κ2) is 9.09. The molecule has 1 amide bonds. The molecule has 2 aromatic carbocycles. The van der Waals surface area contributed by atoms with Crippen molar-refractivity contribution < 1.29 is 9.59 Å². The van der Waals surface area contributed by atoms with E-state index in [1.807, 2.05) is 42.5 Å². The highest BCUT2D eigenvalue weighted by Crippen LogP contribution is 2.31. The van der Waals surface area contributed by atoms with Crippen molar-refractivity contribution in [1.29, 1.82) is 0 Å². The van der Waals surface area contributed by atoms with Gasteiger partial charge < -0.3 is 10.2 Å². The first-order chi connectivity index (χ1) is 13.1. The second-order valence-corrected chi connectivity index (χ2v) is 8.74. The predicted octanol–water partition coefficient (Wildman–Crippen LogP) is 4.85. The monoisotopic (exact) mass is 382 g/mol. The van der Waals surface area contributed by atoms with Gasteiger partial charge in [-0.25, -0.2) is 0 Å². The summed E-state index contributed by atoms with van der Waals surface area (Å²) in [7, 11) is 0. The van der Waals surface area contributed by atoms with Crippen LogP contribution in [0.25, 0.3) is 0 Å². The summed E-state index contributed by atoms with van der Waals surface area (Å²) in [6.07, 6.45) is 2.53. The lowest BCUT2D eigenvalue weighted by Crippen LogP contribution is -2.38. The molecule has 5 heteroatoms. The number of para-hydroxylation sites is 1. The highest BCUT2D eigenvalue weighted by molar-refractivity contribution is 8.00. The number of nitrogens with zero attached hydrogens (tertiary/aromatic N) is 1. The molecular formula is C22H26N2O2S. The Bertz CT molecular complexity index is 781. The average molecular weight is 383 g/mol. The summed E-state index contributed by atoms with van der Waals surface area (Å²) >= 11 is 1.77. The number of anilines is 2. The lowest BCUT2D eigenvalue weighted by Gasteiger charge is -2.33. The van der Waals surface area contributed by atoms with Crippen LogP contribution in [0.5, 0.6) is 0 Å². The predicted molar refractivity (Wildman–Crippen MR) is 113 cm³/mol. The van der Waals surface area contributed by atoms with Gasteiger partial charge in [0.05, 0.1) is 5.69 Å². The van der Waals surface area contributed by atoms with Crippen LogP contribution in [0.4, 0.5) is 11.4 Å². The summed E-state index contributed by atoms with van der Waals surface area (Å²) in [4.78, 5) is 26.9. The number of benzene rings is 2. The lowest BCUT2D eigenvalue weighted by atomic mass is 9.95. The highest BCUT2D eigenvalue weighted by Gasteiger charge is 2.25. The number of aldehydes is 1. The van der Waals surface area contributed by atoms with Gasteiger partial charge in [0, 0.05) is 40.4 Å². The molecule has 0 bridgehead atoms. The summed E-state index contributed by atoms with van der Waals surface area (Å²) in [5, 5.41) is 3.61. The summed E-state index contributed by atoms with van der Waals surface area (Å²) < 4.78 is 0. The number of hydrogen-bond acceptors (Lipinski definition) is 4. The molecule has 0 unspecified atom stereocenters. The molecule has 0 spiro atoms. The number of amides is 1. The maximum Gasteiger partial charge on any atom is 0.227 e. The number of rotatable bonds is 6. The van der Waals surface area contributed by atoms with Crippen LogP contribution in [0.15, 0.2) is 53.4 Å². The van der Waals surface area contributed by atoms with Gasteiger partial charge in [0.2, 0.25) is 5.91 Å². The molecule has 1 heterocycles. The fourth-order valence-electron chi connectivity index (χ4n) is 3.32. The van der Waals surface area contributed by atoms with E-state index in [1.165, 1.54) is 0 Å². The summed E-state index contributed by atoms with van der Waals surface area (Å²) in [6, 6.07) is 15.6.